The standard InChI is InChI=1S/C18H20N6O3/c1-10-20-15(23-18(2)4-5-18)14-12(9-27-17(14)21-10)16(25)22-11-7-19-24(8-11)13-3-6-26-13/h7-9,13H,3-6H2,1-2H3,(H,22,25)(H,20,21,23). The predicted octanol–water partition coefficient (Wildman–Crippen LogP) is 2.86. The van der Waals surface area contributed by atoms with Gasteiger partial charge in [-0.15, -0.1) is 0 Å². The quantitative estimate of drug-likeness (QED) is 0.713. The van der Waals surface area contributed by atoms with Crippen LogP contribution in [-0.2, 0) is 4.74 Å². The summed E-state index contributed by atoms with van der Waals surface area (Å²) in [6.45, 7) is 4.67. The summed E-state index contributed by atoms with van der Waals surface area (Å²) in [5.41, 5.74) is 1.41. The summed E-state index contributed by atoms with van der Waals surface area (Å²) in [5.74, 6) is 0.937. The molecule has 0 radical (unpaired) electrons. The van der Waals surface area contributed by atoms with E-state index < -0.39 is 0 Å². The molecule has 9 heteroatoms. The van der Waals surface area contributed by atoms with Gasteiger partial charge in [-0.1, -0.05) is 0 Å². The number of furan rings is 1. The number of aromatic nitrogens is 4. The van der Waals surface area contributed by atoms with Crippen molar-refractivity contribution in [2.24, 2.45) is 0 Å². The second-order valence-electron chi connectivity index (χ2n) is 7.41. The lowest BCUT2D eigenvalue weighted by Crippen LogP contribution is -2.24. The monoisotopic (exact) mass is 368 g/mol. The van der Waals surface area contributed by atoms with Crippen molar-refractivity contribution >= 4 is 28.5 Å². The lowest BCUT2D eigenvalue weighted by molar-refractivity contribution is -0.106. The molecule has 9 nitrogen and oxygen atoms in total. The van der Waals surface area contributed by atoms with Gasteiger partial charge in [0.05, 0.1) is 35.6 Å². The van der Waals surface area contributed by atoms with Crippen molar-refractivity contribution in [1.29, 1.82) is 0 Å². The maximum absolute atomic E-state index is 12.8. The van der Waals surface area contributed by atoms with Crippen LogP contribution < -0.4 is 10.6 Å². The van der Waals surface area contributed by atoms with Gasteiger partial charge in [-0.3, -0.25) is 4.79 Å². The first-order chi connectivity index (χ1) is 13.0. The Morgan fingerprint density at radius 3 is 2.89 bits per heavy atom. The van der Waals surface area contributed by atoms with E-state index in [0.717, 1.165) is 25.9 Å². The van der Waals surface area contributed by atoms with Crippen molar-refractivity contribution in [3.63, 3.8) is 0 Å². The minimum Gasteiger partial charge on any atom is -0.445 e. The number of rotatable bonds is 5. The topological polar surface area (TPSA) is 107 Å². The number of hydrogen-bond acceptors (Lipinski definition) is 7. The number of amides is 1. The van der Waals surface area contributed by atoms with E-state index in [-0.39, 0.29) is 17.7 Å². The largest absolute Gasteiger partial charge is 0.445 e. The minimum atomic E-state index is -0.292. The Kier molecular flexibility index (Phi) is 3.48. The Bertz CT molecular complexity index is 1030. The summed E-state index contributed by atoms with van der Waals surface area (Å²) in [6, 6.07) is 0. The molecule has 4 heterocycles. The van der Waals surface area contributed by atoms with Crippen molar-refractivity contribution in [1.82, 2.24) is 19.7 Å². The number of nitrogens with zero attached hydrogens (tertiary/aromatic N) is 4. The summed E-state index contributed by atoms with van der Waals surface area (Å²) in [7, 11) is 0. The van der Waals surface area contributed by atoms with Crippen LogP contribution in [0.5, 0.6) is 0 Å². The van der Waals surface area contributed by atoms with Crippen molar-refractivity contribution < 1.29 is 13.9 Å². The molecule has 2 aliphatic rings. The third-order valence-corrected chi connectivity index (χ3v) is 5.04. The Morgan fingerprint density at radius 1 is 1.37 bits per heavy atom. The average Bonchev–Trinajstić information content (AvgIpc) is 2.95. The smallest absolute Gasteiger partial charge is 0.259 e. The number of carbonyl (C=O) groups is 1. The molecule has 2 N–H and O–H groups in total. The zero-order chi connectivity index (χ0) is 18.6. The third-order valence-electron chi connectivity index (χ3n) is 5.04. The van der Waals surface area contributed by atoms with Crippen molar-refractivity contribution in [2.75, 3.05) is 17.2 Å². The van der Waals surface area contributed by atoms with E-state index in [1.54, 1.807) is 24.0 Å². The van der Waals surface area contributed by atoms with Crippen LogP contribution in [0.2, 0.25) is 0 Å². The number of hydrogen-bond donors (Lipinski definition) is 2. The summed E-state index contributed by atoms with van der Waals surface area (Å²) < 4.78 is 12.6. The molecule has 3 aromatic rings. The number of ether oxygens (including phenoxy) is 1. The van der Waals surface area contributed by atoms with Gasteiger partial charge < -0.3 is 19.8 Å². The molecular formula is C18H20N6O3. The average molecular weight is 368 g/mol. The Hall–Kier alpha value is -2.94. The summed E-state index contributed by atoms with van der Waals surface area (Å²) >= 11 is 0. The number of carbonyl (C=O) groups excluding carboxylic acids is 1. The van der Waals surface area contributed by atoms with Gasteiger partial charge in [-0.2, -0.15) is 10.1 Å². The van der Waals surface area contributed by atoms with Gasteiger partial charge in [0.2, 0.25) is 5.71 Å². The molecule has 5 rings (SSSR count). The fourth-order valence-corrected chi connectivity index (χ4v) is 3.09. The summed E-state index contributed by atoms with van der Waals surface area (Å²) in [4.78, 5) is 21.7. The minimum absolute atomic E-state index is 0.0165. The lowest BCUT2D eigenvalue weighted by atomic mass is 10.2. The molecule has 27 heavy (non-hydrogen) atoms. The first-order valence-corrected chi connectivity index (χ1v) is 9.02. The van der Waals surface area contributed by atoms with Crippen LogP contribution in [-0.4, -0.2) is 37.8 Å². The predicted molar refractivity (Wildman–Crippen MR) is 97.6 cm³/mol. The molecule has 0 spiro atoms. The third kappa shape index (κ3) is 2.93. The van der Waals surface area contributed by atoms with Crippen LogP contribution in [0.25, 0.3) is 11.1 Å². The van der Waals surface area contributed by atoms with Gasteiger partial charge >= 0.3 is 0 Å². The first-order valence-electron chi connectivity index (χ1n) is 9.02. The van der Waals surface area contributed by atoms with E-state index in [0.29, 0.717) is 34.0 Å². The zero-order valence-corrected chi connectivity index (χ0v) is 15.2. The van der Waals surface area contributed by atoms with Crippen molar-refractivity contribution in [3.05, 3.63) is 30.0 Å². The SMILES string of the molecule is Cc1nc(NC2(C)CC2)c2c(C(=O)Nc3cnn(C4CCO4)c3)coc2n1. The molecule has 2 fully saturated rings. The van der Waals surface area contributed by atoms with Crippen molar-refractivity contribution in [2.45, 2.75) is 44.9 Å². The highest BCUT2D eigenvalue weighted by Gasteiger charge is 2.38. The number of anilines is 2. The maximum atomic E-state index is 12.8. The molecule has 1 amide bonds. The first kappa shape index (κ1) is 16.2. The van der Waals surface area contributed by atoms with Gasteiger partial charge in [-0.05, 0) is 26.7 Å². The normalized spacial score (nSPS) is 20.3. The van der Waals surface area contributed by atoms with Gasteiger partial charge in [0.15, 0.2) is 6.23 Å². The van der Waals surface area contributed by atoms with Crippen LogP contribution in [0.4, 0.5) is 11.5 Å². The second-order valence-corrected chi connectivity index (χ2v) is 7.41. The zero-order valence-electron chi connectivity index (χ0n) is 15.2. The molecule has 1 saturated heterocycles. The Labute approximate surface area is 155 Å². The van der Waals surface area contributed by atoms with E-state index in [4.69, 9.17) is 9.15 Å². The van der Waals surface area contributed by atoms with Gasteiger partial charge in [-0.25, -0.2) is 9.67 Å². The number of aryl methyl sites for hydroxylation is 1. The lowest BCUT2D eigenvalue weighted by Gasteiger charge is -2.26. The van der Waals surface area contributed by atoms with Crippen LogP contribution in [0, 0.1) is 6.92 Å². The fourth-order valence-electron chi connectivity index (χ4n) is 3.09. The van der Waals surface area contributed by atoms with Crippen LogP contribution in [0.1, 0.15) is 48.6 Å². The molecule has 1 aliphatic heterocycles. The van der Waals surface area contributed by atoms with E-state index in [2.05, 4.69) is 32.6 Å². The highest BCUT2D eigenvalue weighted by molar-refractivity contribution is 6.14. The highest BCUT2D eigenvalue weighted by atomic mass is 16.5. The van der Waals surface area contributed by atoms with Crippen LogP contribution >= 0.6 is 0 Å². The number of fused-ring (bicyclic) bond motifs is 1. The molecule has 0 bridgehead atoms. The van der Waals surface area contributed by atoms with E-state index in [1.165, 1.54) is 6.26 Å². The van der Waals surface area contributed by atoms with Gasteiger partial charge in [0.25, 0.3) is 5.91 Å². The van der Waals surface area contributed by atoms with Crippen LogP contribution in [0.3, 0.4) is 0 Å². The maximum Gasteiger partial charge on any atom is 0.259 e. The van der Waals surface area contributed by atoms with Crippen LogP contribution in [0.15, 0.2) is 23.1 Å². The molecule has 1 atom stereocenters. The molecule has 1 unspecified atom stereocenters. The highest BCUT2D eigenvalue weighted by Crippen LogP contribution is 2.40. The van der Waals surface area contributed by atoms with E-state index in [9.17, 15) is 4.79 Å². The fraction of sp³-hybridized carbons (Fsp3) is 0.444. The summed E-state index contributed by atoms with van der Waals surface area (Å²) in [6.07, 6.45) is 7.80. The second kappa shape index (κ2) is 5.78. The Balaban J connectivity index is 1.45. The molecule has 0 aromatic carbocycles. The van der Waals surface area contributed by atoms with Gasteiger partial charge in [0, 0.05) is 12.0 Å². The molecular weight excluding hydrogens is 348 g/mol. The molecule has 3 aromatic heterocycles. The van der Waals surface area contributed by atoms with Crippen molar-refractivity contribution in [3.8, 4) is 0 Å². The molecule has 140 valence electrons. The Morgan fingerprint density at radius 2 is 2.19 bits per heavy atom. The molecule has 1 aliphatic carbocycles. The summed E-state index contributed by atoms with van der Waals surface area (Å²) in [5, 5.41) is 11.1. The number of nitrogens with one attached hydrogen (secondary N) is 2. The van der Waals surface area contributed by atoms with E-state index in [1.807, 2.05) is 0 Å². The van der Waals surface area contributed by atoms with E-state index >= 15 is 0 Å². The van der Waals surface area contributed by atoms with Gasteiger partial charge in [0.1, 0.15) is 17.9 Å². The molecule has 1 saturated carbocycles.